The molecule has 0 spiro atoms. The third kappa shape index (κ3) is 3.60. The summed E-state index contributed by atoms with van der Waals surface area (Å²) >= 11 is 12.6. The highest BCUT2D eigenvalue weighted by molar-refractivity contribution is 6.41. The van der Waals surface area contributed by atoms with Crippen LogP contribution in [0.15, 0.2) is 30.6 Å². The number of aromatic nitrogens is 1. The van der Waals surface area contributed by atoms with Gasteiger partial charge in [-0.3, -0.25) is 9.88 Å². The van der Waals surface area contributed by atoms with E-state index in [1.165, 1.54) is 25.2 Å². The van der Waals surface area contributed by atoms with Crippen molar-refractivity contribution in [2.75, 3.05) is 19.1 Å². The normalized spacial score (nSPS) is 10.3. The molecule has 0 aliphatic carbocycles. The summed E-state index contributed by atoms with van der Waals surface area (Å²) in [5.41, 5.74) is 6.49. The molecule has 2 aromatic rings. The molecule has 0 saturated carbocycles. The van der Waals surface area contributed by atoms with Crippen molar-refractivity contribution in [1.82, 2.24) is 4.98 Å². The average Bonchev–Trinajstić information content (AvgIpc) is 2.55. The maximum Gasteiger partial charge on any atom is 0.319 e. The van der Waals surface area contributed by atoms with E-state index in [4.69, 9.17) is 38.4 Å². The predicted octanol–water partition coefficient (Wildman–Crippen LogP) is 3.49. The van der Waals surface area contributed by atoms with Crippen LogP contribution in [-0.4, -0.2) is 25.2 Å². The lowest BCUT2D eigenvalue weighted by atomic mass is 10.2. The summed E-state index contributed by atoms with van der Waals surface area (Å²) in [6.07, 6.45) is 3.25. The molecule has 8 heteroatoms. The van der Waals surface area contributed by atoms with E-state index in [-0.39, 0.29) is 22.3 Å². The second-order valence-corrected chi connectivity index (χ2v) is 5.30. The Bertz CT molecular complexity index is 683. The van der Waals surface area contributed by atoms with Gasteiger partial charge < -0.3 is 15.2 Å². The van der Waals surface area contributed by atoms with Crippen LogP contribution >= 0.6 is 23.2 Å². The Labute approximate surface area is 143 Å². The first-order valence-electron chi connectivity index (χ1n) is 6.55. The lowest BCUT2D eigenvalue weighted by molar-refractivity contribution is 0.253. The highest BCUT2D eigenvalue weighted by Gasteiger charge is 2.25. The molecule has 122 valence electrons. The lowest BCUT2D eigenvalue weighted by Crippen LogP contribution is -2.35. The molecule has 2 amide bonds. The van der Waals surface area contributed by atoms with Crippen molar-refractivity contribution in [2.24, 2.45) is 5.73 Å². The van der Waals surface area contributed by atoms with Crippen molar-refractivity contribution in [1.29, 1.82) is 0 Å². The van der Waals surface area contributed by atoms with Crippen LogP contribution in [0.4, 0.5) is 10.5 Å². The van der Waals surface area contributed by atoms with Gasteiger partial charge in [0.05, 0.1) is 26.5 Å². The number of urea groups is 1. The number of nitrogens with two attached hydrogens (primary N) is 1. The van der Waals surface area contributed by atoms with Crippen LogP contribution in [0.3, 0.4) is 0 Å². The monoisotopic (exact) mass is 355 g/mol. The summed E-state index contributed by atoms with van der Waals surface area (Å²) < 4.78 is 10.4. The number of primary amides is 1. The van der Waals surface area contributed by atoms with Crippen molar-refractivity contribution >= 4 is 34.9 Å². The smallest absolute Gasteiger partial charge is 0.319 e. The second-order valence-electron chi connectivity index (χ2n) is 4.54. The van der Waals surface area contributed by atoms with Gasteiger partial charge in [-0.15, -0.1) is 0 Å². The van der Waals surface area contributed by atoms with Gasteiger partial charge in [0.15, 0.2) is 0 Å². The highest BCUT2D eigenvalue weighted by atomic mass is 35.5. The van der Waals surface area contributed by atoms with E-state index < -0.39 is 6.03 Å². The number of carbonyl (C=O) groups is 1. The number of hydrogen-bond acceptors (Lipinski definition) is 4. The fourth-order valence-electron chi connectivity index (χ4n) is 2.05. The summed E-state index contributed by atoms with van der Waals surface area (Å²) in [7, 11) is 2.90. The topological polar surface area (TPSA) is 77.7 Å². The molecule has 2 N–H and O–H groups in total. The number of ether oxygens (including phenoxy) is 2. The molecule has 6 nitrogen and oxygen atoms in total. The zero-order valence-electron chi connectivity index (χ0n) is 12.5. The summed E-state index contributed by atoms with van der Waals surface area (Å²) in [4.78, 5) is 17.2. The summed E-state index contributed by atoms with van der Waals surface area (Å²) in [5.74, 6) is 0.640. The number of carbonyl (C=O) groups excluding carboxylic acids is 1. The molecule has 1 aromatic carbocycles. The second kappa shape index (κ2) is 7.39. The Balaban J connectivity index is 2.57. The van der Waals surface area contributed by atoms with E-state index in [9.17, 15) is 4.79 Å². The molecule has 0 unspecified atom stereocenters. The van der Waals surface area contributed by atoms with Gasteiger partial charge >= 0.3 is 6.03 Å². The van der Waals surface area contributed by atoms with E-state index in [1.807, 2.05) is 6.07 Å². The van der Waals surface area contributed by atoms with E-state index in [1.54, 1.807) is 18.5 Å². The molecular weight excluding hydrogens is 341 g/mol. The first-order chi connectivity index (χ1) is 11.0. The SMILES string of the molecule is COc1cc(OC)c(Cl)c(N(Cc2cccnc2)C(N)=O)c1Cl. The van der Waals surface area contributed by atoms with E-state index >= 15 is 0 Å². The Morgan fingerprint density at radius 1 is 1.26 bits per heavy atom. The third-order valence-electron chi connectivity index (χ3n) is 3.15. The average molecular weight is 356 g/mol. The minimum atomic E-state index is -0.715. The standard InChI is InChI=1S/C15H15Cl2N3O3/c1-22-10-6-11(23-2)13(17)14(12(10)16)20(15(18)21)8-9-4-3-5-19-7-9/h3-7H,8H2,1-2H3,(H2,18,21). The van der Waals surface area contributed by atoms with Gasteiger partial charge in [-0.1, -0.05) is 29.3 Å². The Hall–Kier alpha value is -2.18. The number of hydrogen-bond donors (Lipinski definition) is 1. The number of halogens is 2. The van der Waals surface area contributed by atoms with Crippen LogP contribution in [0.25, 0.3) is 0 Å². The van der Waals surface area contributed by atoms with Crippen molar-refractivity contribution < 1.29 is 14.3 Å². The molecule has 0 bridgehead atoms. The van der Waals surface area contributed by atoms with Crippen LogP contribution in [0, 0.1) is 0 Å². The molecule has 0 aliphatic rings. The molecule has 1 aromatic heterocycles. The van der Waals surface area contributed by atoms with Gasteiger partial charge in [0.2, 0.25) is 0 Å². The van der Waals surface area contributed by atoms with Gasteiger partial charge in [0, 0.05) is 18.5 Å². The first-order valence-corrected chi connectivity index (χ1v) is 7.31. The maximum atomic E-state index is 11.9. The minimum absolute atomic E-state index is 0.152. The van der Waals surface area contributed by atoms with E-state index in [0.717, 1.165) is 5.56 Å². The Morgan fingerprint density at radius 2 is 1.87 bits per heavy atom. The summed E-state index contributed by atoms with van der Waals surface area (Å²) in [6.45, 7) is 0.152. The van der Waals surface area contributed by atoms with E-state index in [2.05, 4.69) is 4.98 Å². The molecule has 0 atom stereocenters. The largest absolute Gasteiger partial charge is 0.495 e. The van der Waals surface area contributed by atoms with Crippen LogP contribution in [0.2, 0.25) is 10.0 Å². The number of nitrogens with zero attached hydrogens (tertiary/aromatic N) is 2. The number of anilines is 1. The van der Waals surface area contributed by atoms with Crippen LogP contribution in [-0.2, 0) is 6.54 Å². The van der Waals surface area contributed by atoms with Crippen molar-refractivity contribution in [3.63, 3.8) is 0 Å². The van der Waals surface area contributed by atoms with Crippen LogP contribution < -0.4 is 20.1 Å². The first kappa shape index (κ1) is 17.2. The van der Waals surface area contributed by atoms with Gasteiger partial charge in [-0.2, -0.15) is 0 Å². The molecule has 1 heterocycles. The van der Waals surface area contributed by atoms with Crippen LogP contribution in [0.5, 0.6) is 11.5 Å². The number of amides is 2. The molecule has 23 heavy (non-hydrogen) atoms. The molecule has 0 fully saturated rings. The van der Waals surface area contributed by atoms with Crippen molar-refractivity contribution in [2.45, 2.75) is 6.54 Å². The number of methoxy groups -OCH3 is 2. The molecule has 2 rings (SSSR count). The molecular formula is C15H15Cl2N3O3. The number of benzene rings is 1. The molecule has 0 saturated heterocycles. The fourth-order valence-corrected chi connectivity index (χ4v) is 2.76. The minimum Gasteiger partial charge on any atom is -0.495 e. The Kier molecular flexibility index (Phi) is 5.52. The zero-order chi connectivity index (χ0) is 17.0. The fraction of sp³-hybridized carbons (Fsp3) is 0.200. The van der Waals surface area contributed by atoms with Crippen molar-refractivity contribution in [3.8, 4) is 11.5 Å². The lowest BCUT2D eigenvalue weighted by Gasteiger charge is -2.24. The summed E-state index contributed by atoms with van der Waals surface area (Å²) in [5, 5.41) is 0.335. The van der Waals surface area contributed by atoms with Gasteiger partial charge in [-0.05, 0) is 11.6 Å². The third-order valence-corrected chi connectivity index (χ3v) is 3.88. The quantitative estimate of drug-likeness (QED) is 0.890. The summed E-state index contributed by atoms with van der Waals surface area (Å²) in [6, 6.07) is 4.39. The van der Waals surface area contributed by atoms with Gasteiger partial charge in [0.1, 0.15) is 21.5 Å². The van der Waals surface area contributed by atoms with Crippen molar-refractivity contribution in [3.05, 3.63) is 46.2 Å². The maximum absolute atomic E-state index is 11.9. The predicted molar refractivity (Wildman–Crippen MR) is 89.6 cm³/mol. The highest BCUT2D eigenvalue weighted by Crippen LogP contribution is 2.46. The zero-order valence-corrected chi connectivity index (χ0v) is 14.1. The van der Waals surface area contributed by atoms with Gasteiger partial charge in [-0.25, -0.2) is 4.79 Å². The molecule has 0 aliphatic heterocycles. The number of pyridine rings is 1. The Morgan fingerprint density at radius 3 is 2.30 bits per heavy atom. The van der Waals surface area contributed by atoms with E-state index in [0.29, 0.717) is 11.5 Å². The molecule has 0 radical (unpaired) electrons. The number of rotatable bonds is 5. The van der Waals surface area contributed by atoms with Crippen LogP contribution in [0.1, 0.15) is 5.56 Å². The van der Waals surface area contributed by atoms with Gasteiger partial charge in [0.25, 0.3) is 0 Å².